The quantitative estimate of drug-likeness (QED) is 0.298. The lowest BCUT2D eigenvalue weighted by atomic mass is 10.1. The lowest BCUT2D eigenvalue weighted by Crippen LogP contribution is -2.46. The van der Waals surface area contributed by atoms with Gasteiger partial charge in [0.25, 0.3) is 0 Å². The molecule has 0 aromatic carbocycles. The van der Waals surface area contributed by atoms with E-state index in [-0.39, 0.29) is 6.61 Å². The third-order valence-corrected chi connectivity index (χ3v) is 2.01. The van der Waals surface area contributed by atoms with Crippen molar-refractivity contribution in [2.45, 2.75) is 24.1 Å². The van der Waals surface area contributed by atoms with Crippen molar-refractivity contribution in [3.8, 4) is 0 Å². The maximum absolute atomic E-state index is 9.36. The second kappa shape index (κ2) is 3.84. The van der Waals surface area contributed by atoms with E-state index in [0.29, 0.717) is 0 Å². The number of aliphatic hydroxyl groups is 4. The minimum atomic E-state index is -2.14. The van der Waals surface area contributed by atoms with Gasteiger partial charge in [0.05, 0.1) is 13.2 Å². The Kier molecular flexibility index (Phi) is 3.19. The summed E-state index contributed by atoms with van der Waals surface area (Å²) < 4.78 is 4.76. The largest absolute Gasteiger partial charge is 0.391 e. The van der Waals surface area contributed by atoms with E-state index in [1.165, 1.54) is 0 Å². The van der Waals surface area contributed by atoms with Crippen molar-refractivity contribution in [2.24, 2.45) is 5.90 Å². The van der Waals surface area contributed by atoms with Crippen molar-refractivity contribution >= 4 is 0 Å². The lowest BCUT2D eigenvalue weighted by molar-refractivity contribution is -0.249. The zero-order valence-corrected chi connectivity index (χ0v) is 6.83. The van der Waals surface area contributed by atoms with E-state index < -0.39 is 30.7 Å². The Morgan fingerprint density at radius 2 is 2.08 bits per heavy atom. The van der Waals surface area contributed by atoms with Crippen LogP contribution < -0.4 is 5.90 Å². The van der Waals surface area contributed by atoms with Crippen LogP contribution in [0.5, 0.6) is 0 Å². The van der Waals surface area contributed by atoms with Gasteiger partial charge in [-0.1, -0.05) is 0 Å². The molecule has 1 aliphatic heterocycles. The summed E-state index contributed by atoms with van der Waals surface area (Å²) in [4.78, 5) is 4.19. The molecule has 0 saturated carbocycles. The van der Waals surface area contributed by atoms with Gasteiger partial charge in [-0.15, -0.1) is 0 Å². The molecule has 0 amide bonds. The molecule has 1 unspecified atom stereocenters. The second-order valence-electron chi connectivity index (χ2n) is 2.93. The number of rotatable bonds is 3. The number of hydrogen-bond donors (Lipinski definition) is 5. The molecular formula is C6H13NO6. The van der Waals surface area contributed by atoms with Crippen molar-refractivity contribution in [2.75, 3.05) is 13.2 Å². The summed E-state index contributed by atoms with van der Waals surface area (Å²) in [5.41, 5.74) is 0. The number of aliphatic hydroxyl groups excluding tert-OH is 3. The first-order valence-electron chi connectivity index (χ1n) is 3.74. The van der Waals surface area contributed by atoms with E-state index in [4.69, 9.17) is 15.7 Å². The molecule has 1 heterocycles. The molecule has 6 N–H and O–H groups in total. The molecule has 0 radical (unpaired) electrons. The minimum absolute atomic E-state index is 0.180. The van der Waals surface area contributed by atoms with Crippen molar-refractivity contribution in [3.05, 3.63) is 0 Å². The molecule has 78 valence electrons. The van der Waals surface area contributed by atoms with Gasteiger partial charge in [0.15, 0.2) is 0 Å². The first-order chi connectivity index (χ1) is 6.05. The van der Waals surface area contributed by atoms with Crippen LogP contribution in [-0.2, 0) is 9.57 Å². The van der Waals surface area contributed by atoms with Gasteiger partial charge in [-0.3, -0.25) is 0 Å². The zero-order chi connectivity index (χ0) is 10.1. The van der Waals surface area contributed by atoms with Crippen LogP contribution in [0.25, 0.3) is 0 Å². The standard InChI is InChI=1S/C6H13NO6/c7-12-1-3-4(9)5(10)6(11,2-8)13-3/h3-5,8-11H,1-2,7H2/t3-,4-,5-,6?/m1/s1. The van der Waals surface area contributed by atoms with Crippen LogP contribution in [0, 0.1) is 0 Å². The monoisotopic (exact) mass is 195 g/mol. The van der Waals surface area contributed by atoms with Gasteiger partial charge >= 0.3 is 0 Å². The molecule has 4 atom stereocenters. The third kappa shape index (κ3) is 1.81. The molecule has 1 rings (SSSR count). The molecule has 0 aromatic heterocycles. The normalized spacial score (nSPS) is 45.5. The molecule has 7 heteroatoms. The van der Waals surface area contributed by atoms with Crippen LogP contribution in [0.4, 0.5) is 0 Å². The lowest BCUT2D eigenvalue weighted by Gasteiger charge is -2.22. The van der Waals surface area contributed by atoms with Gasteiger partial charge in [0.1, 0.15) is 18.3 Å². The highest BCUT2D eigenvalue weighted by atomic mass is 16.7. The van der Waals surface area contributed by atoms with Crippen LogP contribution in [0.1, 0.15) is 0 Å². The highest BCUT2D eigenvalue weighted by Crippen LogP contribution is 2.28. The van der Waals surface area contributed by atoms with Gasteiger partial charge in [-0.2, -0.15) is 0 Å². The predicted octanol–water partition coefficient (Wildman–Crippen LogP) is -3.32. The van der Waals surface area contributed by atoms with Gasteiger partial charge in [0, 0.05) is 0 Å². The zero-order valence-electron chi connectivity index (χ0n) is 6.83. The fraction of sp³-hybridized carbons (Fsp3) is 1.00. The van der Waals surface area contributed by atoms with Gasteiger partial charge in [0.2, 0.25) is 5.79 Å². The SMILES string of the molecule is NOC[C@H]1OC(O)(CO)[C@H](O)[C@@H]1O. The van der Waals surface area contributed by atoms with Gasteiger partial charge in [-0.05, 0) is 0 Å². The average molecular weight is 195 g/mol. The van der Waals surface area contributed by atoms with Crippen LogP contribution >= 0.6 is 0 Å². The summed E-state index contributed by atoms with van der Waals surface area (Å²) in [7, 11) is 0. The Bertz CT molecular complexity index is 179. The Labute approximate surface area is 74.3 Å². The van der Waals surface area contributed by atoms with E-state index in [1.807, 2.05) is 0 Å². The highest BCUT2D eigenvalue weighted by molar-refractivity contribution is 4.94. The van der Waals surface area contributed by atoms with E-state index in [9.17, 15) is 15.3 Å². The average Bonchev–Trinajstić information content (AvgIpc) is 2.33. The number of ether oxygens (including phenoxy) is 1. The van der Waals surface area contributed by atoms with E-state index in [0.717, 1.165) is 0 Å². The summed E-state index contributed by atoms with van der Waals surface area (Å²) in [5.74, 6) is 2.59. The Morgan fingerprint density at radius 3 is 2.46 bits per heavy atom. The van der Waals surface area contributed by atoms with Crippen LogP contribution in [0.2, 0.25) is 0 Å². The molecule has 7 nitrogen and oxygen atoms in total. The first-order valence-corrected chi connectivity index (χ1v) is 3.74. The summed E-state index contributed by atoms with van der Waals surface area (Å²) in [6.45, 7) is -0.993. The maximum atomic E-state index is 9.36. The summed E-state index contributed by atoms with van der Waals surface area (Å²) in [6, 6.07) is 0. The molecule has 0 aromatic rings. The molecule has 0 spiro atoms. The molecule has 1 fully saturated rings. The van der Waals surface area contributed by atoms with E-state index >= 15 is 0 Å². The third-order valence-electron chi connectivity index (χ3n) is 2.01. The van der Waals surface area contributed by atoms with E-state index in [1.54, 1.807) is 0 Å². The predicted molar refractivity (Wildman–Crippen MR) is 39.1 cm³/mol. The van der Waals surface area contributed by atoms with Crippen LogP contribution in [0.3, 0.4) is 0 Å². The molecule has 0 aliphatic carbocycles. The molecule has 0 bridgehead atoms. The Hall–Kier alpha value is -0.280. The fourth-order valence-electron chi connectivity index (χ4n) is 1.23. The van der Waals surface area contributed by atoms with Crippen LogP contribution in [-0.4, -0.2) is 57.7 Å². The molecule has 1 aliphatic rings. The summed E-state index contributed by atoms with van der Waals surface area (Å²) in [5, 5.41) is 36.5. The molecular weight excluding hydrogens is 182 g/mol. The smallest absolute Gasteiger partial charge is 0.219 e. The topological polar surface area (TPSA) is 125 Å². The van der Waals surface area contributed by atoms with E-state index in [2.05, 4.69) is 4.84 Å². The minimum Gasteiger partial charge on any atom is -0.391 e. The van der Waals surface area contributed by atoms with Gasteiger partial charge < -0.3 is 30.0 Å². The fourth-order valence-corrected chi connectivity index (χ4v) is 1.23. The maximum Gasteiger partial charge on any atom is 0.219 e. The second-order valence-corrected chi connectivity index (χ2v) is 2.93. The van der Waals surface area contributed by atoms with Crippen molar-refractivity contribution in [1.29, 1.82) is 0 Å². The Balaban J connectivity index is 2.66. The highest BCUT2D eigenvalue weighted by Gasteiger charge is 2.53. The summed E-state index contributed by atoms with van der Waals surface area (Å²) >= 11 is 0. The first kappa shape index (κ1) is 10.8. The number of hydrogen-bond acceptors (Lipinski definition) is 7. The summed E-state index contributed by atoms with van der Waals surface area (Å²) in [6.07, 6.45) is -3.85. The van der Waals surface area contributed by atoms with Crippen molar-refractivity contribution in [1.82, 2.24) is 0 Å². The van der Waals surface area contributed by atoms with Crippen molar-refractivity contribution < 1.29 is 30.0 Å². The molecule has 1 saturated heterocycles. The van der Waals surface area contributed by atoms with Gasteiger partial charge in [-0.25, -0.2) is 5.90 Å². The van der Waals surface area contributed by atoms with Crippen molar-refractivity contribution in [3.63, 3.8) is 0 Å². The molecule has 13 heavy (non-hydrogen) atoms. The Morgan fingerprint density at radius 1 is 1.46 bits per heavy atom. The van der Waals surface area contributed by atoms with Crippen LogP contribution in [0.15, 0.2) is 0 Å². The number of nitrogens with two attached hydrogens (primary N) is 1.